The molecule has 9 heteroatoms. The first-order valence-corrected chi connectivity index (χ1v) is 21.2. The highest BCUT2D eigenvalue weighted by atomic mass is 31.2. The zero-order chi connectivity index (χ0) is 36.1. The molecule has 0 fully saturated rings. The highest BCUT2D eigenvalue weighted by Gasteiger charge is 2.24. The van der Waals surface area contributed by atoms with E-state index in [0.29, 0.717) is 12.8 Å². The number of phosphoric ester groups is 1. The lowest BCUT2D eigenvalue weighted by molar-refractivity contribution is -0.161. The van der Waals surface area contributed by atoms with Crippen LogP contribution in [0.3, 0.4) is 0 Å². The van der Waals surface area contributed by atoms with Crippen molar-refractivity contribution in [1.82, 2.24) is 0 Å². The molecule has 0 radical (unpaired) electrons. The molecule has 0 aliphatic heterocycles. The fourth-order valence-electron chi connectivity index (χ4n) is 5.38. The molecule has 0 aromatic rings. The number of carbonyl (C=O) groups excluding carboxylic acids is 2. The van der Waals surface area contributed by atoms with Crippen LogP contribution in [0, 0.1) is 0 Å². The third kappa shape index (κ3) is 35.9. The molecule has 0 saturated heterocycles. The average Bonchev–Trinajstić information content (AvgIpc) is 3.09. The summed E-state index contributed by atoms with van der Waals surface area (Å²) in [4.78, 5) is 34.4. The summed E-state index contributed by atoms with van der Waals surface area (Å²) in [7, 11) is -3.20. The smallest absolute Gasteiger partial charge is 0.462 e. The van der Waals surface area contributed by atoms with E-state index >= 15 is 0 Å². The van der Waals surface area contributed by atoms with Crippen LogP contribution < -0.4 is 0 Å². The van der Waals surface area contributed by atoms with Crippen molar-refractivity contribution >= 4 is 19.8 Å². The minimum absolute atomic E-state index is 0.227. The minimum Gasteiger partial charge on any atom is -0.462 e. The largest absolute Gasteiger partial charge is 0.472 e. The van der Waals surface area contributed by atoms with Gasteiger partial charge in [-0.1, -0.05) is 159 Å². The maximum atomic E-state index is 12.5. The molecule has 0 aromatic heterocycles. The molecule has 0 rings (SSSR count). The van der Waals surface area contributed by atoms with Crippen molar-refractivity contribution in [1.29, 1.82) is 0 Å². The average molecular weight is 713 g/mol. The molecule has 2 unspecified atom stereocenters. The van der Waals surface area contributed by atoms with E-state index in [1.54, 1.807) is 0 Å². The summed E-state index contributed by atoms with van der Waals surface area (Å²) >= 11 is 0. The van der Waals surface area contributed by atoms with Gasteiger partial charge >= 0.3 is 19.8 Å². The number of ether oxygens (including phenoxy) is 2. The van der Waals surface area contributed by atoms with Crippen LogP contribution in [-0.4, -0.2) is 43.3 Å². The summed E-state index contributed by atoms with van der Waals surface area (Å²) in [6.45, 7) is 3.77. The Labute approximate surface area is 300 Å². The molecular weight excluding hydrogens is 639 g/mol. The first-order valence-electron chi connectivity index (χ1n) is 19.7. The lowest BCUT2D eigenvalue weighted by Gasteiger charge is -2.19. The maximum Gasteiger partial charge on any atom is 0.472 e. The fraction of sp³-hybridized carbons (Fsp3) is 0.800. The van der Waals surface area contributed by atoms with Crippen LogP contribution in [0.25, 0.3) is 0 Å². The first-order chi connectivity index (χ1) is 23.8. The number of allylic oxidation sites excluding steroid dienone is 6. The monoisotopic (exact) mass is 713 g/mol. The van der Waals surface area contributed by atoms with Gasteiger partial charge in [0.1, 0.15) is 6.61 Å². The van der Waals surface area contributed by atoms with Gasteiger partial charge in [0, 0.05) is 20.0 Å². The van der Waals surface area contributed by atoms with Crippen molar-refractivity contribution in [2.75, 3.05) is 20.3 Å². The Morgan fingerprint density at radius 3 is 1.55 bits per heavy atom. The molecule has 8 nitrogen and oxygen atoms in total. The number of esters is 2. The molecule has 0 bridgehead atoms. The van der Waals surface area contributed by atoms with E-state index < -0.39 is 26.5 Å². The second kappa shape index (κ2) is 36.1. The zero-order valence-electron chi connectivity index (χ0n) is 31.6. The Balaban J connectivity index is 4.04. The first kappa shape index (κ1) is 47.3. The van der Waals surface area contributed by atoms with Crippen molar-refractivity contribution in [3.8, 4) is 0 Å². The number of unbranched alkanes of at least 4 members (excludes halogenated alkanes) is 19. The fourth-order valence-corrected chi connectivity index (χ4v) is 5.84. The van der Waals surface area contributed by atoms with Gasteiger partial charge in [0.15, 0.2) is 6.10 Å². The highest BCUT2D eigenvalue weighted by molar-refractivity contribution is 7.47. The molecule has 1 N–H and O–H groups in total. The number of hydrogen-bond acceptors (Lipinski definition) is 7. The topological polar surface area (TPSA) is 108 Å². The molecule has 0 aliphatic rings. The van der Waals surface area contributed by atoms with Gasteiger partial charge < -0.3 is 14.4 Å². The van der Waals surface area contributed by atoms with Crippen molar-refractivity contribution in [2.45, 2.75) is 187 Å². The standard InChI is InChI=1S/C40H73O8P/c1-4-6-8-10-12-14-16-18-19-20-21-23-25-27-29-31-33-35-40(42)48-38(37-47-49(43,44)45-3)36-46-39(41)34-32-30-28-26-24-22-17-15-13-11-9-7-5-2/h6,8,12,14,18-19,38H,4-5,7,9-11,13,15-17,20-37H2,1-3H3,(H,43,44)/b8-6-,14-12-,19-18-. The van der Waals surface area contributed by atoms with E-state index in [1.807, 2.05) is 0 Å². The maximum absolute atomic E-state index is 12.5. The van der Waals surface area contributed by atoms with Gasteiger partial charge in [-0.3, -0.25) is 18.6 Å². The lowest BCUT2D eigenvalue weighted by atomic mass is 10.0. The van der Waals surface area contributed by atoms with Gasteiger partial charge in [-0.25, -0.2) is 4.57 Å². The molecular formula is C40H73O8P. The number of phosphoric acid groups is 1. The molecule has 0 aliphatic carbocycles. The van der Waals surface area contributed by atoms with Gasteiger partial charge in [0.2, 0.25) is 0 Å². The molecule has 49 heavy (non-hydrogen) atoms. The van der Waals surface area contributed by atoms with Crippen LogP contribution in [0.1, 0.15) is 181 Å². The SMILES string of the molecule is CC/C=C\C/C=C\C/C=C\CCCCCCCCCC(=O)OC(COC(=O)CCCCCCCCCCCCCCC)COP(=O)(O)OC. The predicted molar refractivity (Wildman–Crippen MR) is 202 cm³/mol. The van der Waals surface area contributed by atoms with Gasteiger partial charge in [-0.2, -0.15) is 0 Å². The van der Waals surface area contributed by atoms with Crippen LogP contribution in [-0.2, 0) is 32.7 Å². The highest BCUT2D eigenvalue weighted by Crippen LogP contribution is 2.42. The molecule has 0 aromatic carbocycles. The van der Waals surface area contributed by atoms with Gasteiger partial charge in [-0.15, -0.1) is 0 Å². The Morgan fingerprint density at radius 2 is 1.04 bits per heavy atom. The summed E-state index contributed by atoms with van der Waals surface area (Å²) in [6.07, 6.45) is 40.5. The minimum atomic E-state index is -4.26. The molecule has 0 amide bonds. The van der Waals surface area contributed by atoms with E-state index in [0.717, 1.165) is 71.3 Å². The Kier molecular flexibility index (Phi) is 34.8. The second-order valence-corrected chi connectivity index (χ2v) is 14.6. The third-order valence-corrected chi connectivity index (χ3v) is 9.34. The lowest BCUT2D eigenvalue weighted by Crippen LogP contribution is -2.29. The summed E-state index contributed by atoms with van der Waals surface area (Å²) < 4.78 is 31.9. The van der Waals surface area contributed by atoms with Crippen LogP contribution in [0.5, 0.6) is 0 Å². The summed E-state index contributed by atoms with van der Waals surface area (Å²) in [5.41, 5.74) is 0. The van der Waals surface area contributed by atoms with Crippen LogP contribution in [0.15, 0.2) is 36.5 Å². The zero-order valence-corrected chi connectivity index (χ0v) is 32.5. The van der Waals surface area contributed by atoms with E-state index in [1.165, 1.54) is 83.5 Å². The molecule has 0 heterocycles. The predicted octanol–water partition coefficient (Wildman–Crippen LogP) is 12.1. The molecule has 286 valence electrons. The molecule has 2 atom stereocenters. The quantitative estimate of drug-likeness (QED) is 0.0296. The third-order valence-electron chi connectivity index (χ3n) is 8.40. The summed E-state index contributed by atoms with van der Waals surface area (Å²) in [6, 6.07) is 0. The number of hydrogen-bond donors (Lipinski definition) is 1. The summed E-state index contributed by atoms with van der Waals surface area (Å²) in [5, 5.41) is 0. The van der Waals surface area contributed by atoms with E-state index in [4.69, 9.17) is 14.0 Å². The Hall–Kier alpha value is -1.73. The van der Waals surface area contributed by atoms with E-state index in [-0.39, 0.29) is 19.0 Å². The Bertz CT molecular complexity index is 901. The molecule has 0 saturated carbocycles. The normalized spacial score (nSPS) is 13.8. The van der Waals surface area contributed by atoms with Crippen LogP contribution in [0.4, 0.5) is 0 Å². The van der Waals surface area contributed by atoms with Crippen molar-refractivity contribution in [3.63, 3.8) is 0 Å². The van der Waals surface area contributed by atoms with Crippen LogP contribution >= 0.6 is 7.82 Å². The van der Waals surface area contributed by atoms with Gasteiger partial charge in [-0.05, 0) is 44.9 Å². The second-order valence-electron chi connectivity index (χ2n) is 13.0. The number of rotatable bonds is 36. The van der Waals surface area contributed by atoms with E-state index in [2.05, 4.69) is 54.8 Å². The molecule has 0 spiro atoms. The Morgan fingerprint density at radius 1 is 0.592 bits per heavy atom. The van der Waals surface area contributed by atoms with Crippen molar-refractivity contribution in [2.24, 2.45) is 0 Å². The number of carbonyl (C=O) groups is 2. The van der Waals surface area contributed by atoms with Crippen molar-refractivity contribution in [3.05, 3.63) is 36.5 Å². The van der Waals surface area contributed by atoms with E-state index in [9.17, 15) is 19.0 Å². The van der Waals surface area contributed by atoms with Crippen LogP contribution in [0.2, 0.25) is 0 Å². The van der Waals surface area contributed by atoms with Crippen molar-refractivity contribution < 1.29 is 37.6 Å². The van der Waals surface area contributed by atoms with Gasteiger partial charge in [0.25, 0.3) is 0 Å². The van der Waals surface area contributed by atoms with Gasteiger partial charge in [0.05, 0.1) is 6.61 Å². The summed E-state index contributed by atoms with van der Waals surface area (Å²) in [5.74, 6) is -0.812.